The van der Waals surface area contributed by atoms with E-state index in [2.05, 4.69) is 0 Å². The van der Waals surface area contributed by atoms with Crippen LogP contribution in [0.4, 0.5) is 0 Å². The molecule has 0 heterocycles. The number of hydrogen-bond acceptors (Lipinski definition) is 0. The first-order valence-corrected chi connectivity index (χ1v) is 0. The van der Waals surface area contributed by atoms with E-state index in [1.807, 2.05) is 0 Å². The van der Waals surface area contributed by atoms with Crippen LogP contribution in [0.25, 0.3) is 0 Å². The normalized spacial score (nSPS) is 0. The van der Waals surface area contributed by atoms with Gasteiger partial charge in [0, 0.05) is 76.8 Å². The smallest absolute Gasteiger partial charge is 0 e. The molecule has 4 heavy (non-hydrogen) atoms. The molecular weight excluding hydrogens is 386 g/mol. The molecule has 0 bridgehead atoms. The van der Waals surface area contributed by atoms with Crippen molar-refractivity contribution in [3.8, 4) is 0 Å². The Morgan fingerprint density at radius 1 is 1.00 bits per heavy atom. The van der Waals surface area contributed by atoms with E-state index in [0.29, 0.717) is 0 Å². The van der Waals surface area contributed by atoms with Gasteiger partial charge in [0.15, 0.2) is 0 Å². The average molecular weight is 386 g/mol. The molecule has 0 rings (SSSR count). The molecule has 0 aliphatic heterocycles. The topological polar surface area (TPSA) is 0 Å². The van der Waals surface area contributed by atoms with Crippen LogP contribution in [0.3, 0.4) is 0 Å². The van der Waals surface area contributed by atoms with Crippen molar-refractivity contribution in [3.63, 3.8) is 0 Å². The first-order chi connectivity index (χ1) is 0. The van der Waals surface area contributed by atoms with Crippen LogP contribution >= 0.6 is 0 Å². The van der Waals surface area contributed by atoms with Crippen molar-refractivity contribution in [2.24, 2.45) is 0 Å². The van der Waals surface area contributed by atoms with Gasteiger partial charge in [-0.3, -0.25) is 0 Å². The largest absolute Gasteiger partial charge is 0 e. The summed E-state index contributed by atoms with van der Waals surface area (Å²) in [6.45, 7) is 0. The Balaban J connectivity index is 0. The molecule has 0 nitrogen and oxygen atoms in total. The zero-order valence-electron chi connectivity index (χ0n) is 1.44. The average Bonchev–Trinajstić information content (AvgIpc) is 0. The standard InChI is InChI=1S/Bi.Cu.Mn.Ni. The van der Waals surface area contributed by atoms with Gasteiger partial charge in [-0.25, -0.2) is 0 Å². The minimum atomic E-state index is 0. The van der Waals surface area contributed by atoms with E-state index in [4.69, 9.17) is 0 Å². The maximum atomic E-state index is 0. The van der Waals surface area contributed by atoms with Gasteiger partial charge < -0.3 is 0 Å². The zero-order valence-corrected chi connectivity index (χ0v) is 8.03. The summed E-state index contributed by atoms with van der Waals surface area (Å²) in [6.07, 6.45) is 0. The van der Waals surface area contributed by atoms with E-state index in [1.165, 1.54) is 0 Å². The third kappa shape index (κ3) is 8.83. The van der Waals surface area contributed by atoms with E-state index >= 15 is 0 Å². The Morgan fingerprint density at radius 3 is 1.00 bits per heavy atom. The molecule has 33 valence electrons. The van der Waals surface area contributed by atoms with Crippen molar-refractivity contribution in [2.75, 3.05) is 0 Å². The fraction of sp³-hybridized carbons (Fsp3) is 0. The number of rotatable bonds is 0. The van der Waals surface area contributed by atoms with E-state index in [9.17, 15) is 0 Å². The molecule has 5 radical (unpaired) electrons. The molecule has 0 aromatic carbocycles. The van der Waals surface area contributed by atoms with Crippen LogP contribution < -0.4 is 0 Å². The molecule has 0 saturated heterocycles. The molecule has 0 spiro atoms. The van der Waals surface area contributed by atoms with Gasteiger partial charge >= 0.3 is 0 Å². The van der Waals surface area contributed by atoms with Gasteiger partial charge in [-0.2, -0.15) is 0 Å². The van der Waals surface area contributed by atoms with Gasteiger partial charge in [0.2, 0.25) is 0 Å². The second-order valence-electron chi connectivity index (χ2n) is 0. The van der Waals surface area contributed by atoms with Gasteiger partial charge in [0.1, 0.15) is 0 Å². The van der Waals surface area contributed by atoms with Crippen LogP contribution in [0.5, 0.6) is 0 Å². The minimum Gasteiger partial charge on any atom is 0 e. The van der Waals surface area contributed by atoms with E-state index in [-0.39, 0.29) is 76.8 Å². The van der Waals surface area contributed by atoms with Crippen molar-refractivity contribution in [1.82, 2.24) is 0 Å². The van der Waals surface area contributed by atoms with Crippen LogP contribution in [-0.2, 0) is 50.6 Å². The summed E-state index contributed by atoms with van der Waals surface area (Å²) >= 11 is 0. The zero-order chi connectivity index (χ0) is 0. The summed E-state index contributed by atoms with van der Waals surface area (Å²) in [5.74, 6) is 0. The second kappa shape index (κ2) is 18.1. The summed E-state index contributed by atoms with van der Waals surface area (Å²) in [5.41, 5.74) is 0. The maximum Gasteiger partial charge on any atom is 0 e. The Kier molecular flexibility index (Phi) is 146. The van der Waals surface area contributed by atoms with E-state index in [0.717, 1.165) is 0 Å². The summed E-state index contributed by atoms with van der Waals surface area (Å²) in [7, 11) is 0. The van der Waals surface area contributed by atoms with Crippen molar-refractivity contribution in [1.29, 1.82) is 0 Å². The first kappa shape index (κ1) is 32.2. The molecule has 0 fully saturated rings. The van der Waals surface area contributed by atoms with Crippen LogP contribution in [0, 0.1) is 0 Å². The molecular formula is BiCuMnNi. The summed E-state index contributed by atoms with van der Waals surface area (Å²) in [5, 5.41) is 0. The van der Waals surface area contributed by atoms with Gasteiger partial charge in [-0.15, -0.1) is 0 Å². The predicted octanol–water partition coefficient (Wildman–Crippen LogP) is -0.388. The third-order valence-electron chi connectivity index (χ3n) is 0. The first-order valence-electron chi connectivity index (χ1n) is 0. The molecule has 0 saturated carbocycles. The predicted molar refractivity (Wildman–Crippen MR) is 5.75 cm³/mol. The van der Waals surface area contributed by atoms with Crippen LogP contribution in [0.15, 0.2) is 0 Å². The van der Waals surface area contributed by atoms with Crippen LogP contribution in [0.2, 0.25) is 0 Å². The number of hydrogen-bond donors (Lipinski definition) is 0. The monoisotopic (exact) mass is 385 g/mol. The minimum absolute atomic E-state index is 0. The quantitative estimate of drug-likeness (QED) is 0.498. The van der Waals surface area contributed by atoms with Crippen molar-refractivity contribution in [3.05, 3.63) is 0 Å². The summed E-state index contributed by atoms with van der Waals surface area (Å²) in [6, 6.07) is 0. The Morgan fingerprint density at radius 2 is 1.00 bits per heavy atom. The second-order valence-corrected chi connectivity index (χ2v) is 0. The van der Waals surface area contributed by atoms with Crippen molar-refractivity contribution in [2.45, 2.75) is 0 Å². The van der Waals surface area contributed by atoms with Crippen molar-refractivity contribution < 1.29 is 50.6 Å². The summed E-state index contributed by atoms with van der Waals surface area (Å²) < 4.78 is 0. The molecule has 0 aliphatic carbocycles. The van der Waals surface area contributed by atoms with E-state index in [1.54, 1.807) is 0 Å². The molecule has 0 atom stereocenters. The van der Waals surface area contributed by atoms with Crippen LogP contribution in [0.1, 0.15) is 0 Å². The Hall–Kier alpha value is 2.42. The molecule has 0 aliphatic rings. The molecule has 0 aromatic rings. The summed E-state index contributed by atoms with van der Waals surface area (Å²) in [4.78, 5) is 0. The SMILES string of the molecule is [Bi].[Cu].[Mn].[Ni]. The van der Waals surface area contributed by atoms with E-state index < -0.39 is 0 Å². The third-order valence-corrected chi connectivity index (χ3v) is 0. The van der Waals surface area contributed by atoms with Crippen LogP contribution in [-0.4, -0.2) is 26.2 Å². The van der Waals surface area contributed by atoms with Gasteiger partial charge in [0.05, 0.1) is 0 Å². The van der Waals surface area contributed by atoms with Gasteiger partial charge in [-0.1, -0.05) is 0 Å². The molecule has 0 amide bonds. The molecule has 0 unspecified atom stereocenters. The Bertz CT molecular complexity index is 8.00. The van der Waals surface area contributed by atoms with Gasteiger partial charge in [0.25, 0.3) is 0 Å². The maximum absolute atomic E-state index is 0. The fourth-order valence-electron chi connectivity index (χ4n) is 0. The molecule has 0 N–H and O–H groups in total. The fourth-order valence-corrected chi connectivity index (χ4v) is 0. The molecule has 0 aromatic heterocycles. The Labute approximate surface area is 75.9 Å². The van der Waals surface area contributed by atoms with Crippen molar-refractivity contribution >= 4 is 26.2 Å². The molecule has 4 heteroatoms. The van der Waals surface area contributed by atoms with Gasteiger partial charge in [-0.05, 0) is 0 Å².